The van der Waals surface area contributed by atoms with Crippen molar-refractivity contribution < 1.29 is 13.6 Å². The number of fused-ring (bicyclic) bond motifs is 2. The first kappa shape index (κ1) is 8.10. The topological polar surface area (TPSA) is 29.1 Å². The van der Waals surface area contributed by atoms with E-state index in [1.165, 1.54) is 0 Å². The van der Waals surface area contributed by atoms with Crippen LogP contribution in [-0.4, -0.2) is 24.8 Å². The van der Waals surface area contributed by atoms with Crippen molar-refractivity contribution in [2.45, 2.75) is 18.8 Å². The van der Waals surface area contributed by atoms with Crippen molar-refractivity contribution in [2.75, 3.05) is 13.1 Å². The van der Waals surface area contributed by atoms with Crippen LogP contribution >= 0.6 is 0 Å². The third-order valence-electron chi connectivity index (χ3n) is 2.68. The van der Waals surface area contributed by atoms with Gasteiger partial charge in [-0.2, -0.15) is 0 Å². The van der Waals surface area contributed by atoms with Crippen molar-refractivity contribution in [2.24, 2.45) is 11.8 Å². The average Bonchev–Trinajstić information content (AvgIpc) is 1.92. The second kappa shape index (κ2) is 2.49. The first-order chi connectivity index (χ1) is 5.58. The molecule has 0 aromatic rings. The van der Waals surface area contributed by atoms with E-state index >= 15 is 0 Å². The van der Waals surface area contributed by atoms with Crippen LogP contribution < -0.4 is 5.32 Å². The maximum atomic E-state index is 12.9. The van der Waals surface area contributed by atoms with Crippen LogP contribution in [0.3, 0.4) is 0 Å². The van der Waals surface area contributed by atoms with Crippen LogP contribution in [-0.2, 0) is 4.79 Å². The molecule has 2 nitrogen and oxygen atoms in total. The molecule has 1 saturated carbocycles. The third kappa shape index (κ3) is 1.24. The highest BCUT2D eigenvalue weighted by Gasteiger charge is 2.47. The van der Waals surface area contributed by atoms with Gasteiger partial charge in [0.05, 0.1) is 0 Å². The third-order valence-corrected chi connectivity index (χ3v) is 2.68. The number of hydrogen-bond donors (Lipinski definition) is 1. The van der Waals surface area contributed by atoms with E-state index in [-0.39, 0.29) is 18.6 Å². The maximum absolute atomic E-state index is 12.9. The predicted octanol–water partition coefficient (Wildman–Crippen LogP) is 0.820. The summed E-state index contributed by atoms with van der Waals surface area (Å²) in [4.78, 5) is 11.3. The second-order valence-corrected chi connectivity index (χ2v) is 3.72. The smallest absolute Gasteiger partial charge is 0.249 e. The van der Waals surface area contributed by atoms with Crippen molar-refractivity contribution in [3.63, 3.8) is 0 Å². The van der Waals surface area contributed by atoms with Crippen LogP contribution in [0.15, 0.2) is 0 Å². The summed E-state index contributed by atoms with van der Waals surface area (Å²) in [6.45, 7) is 0.871. The Morgan fingerprint density at radius 3 is 2.25 bits per heavy atom. The second-order valence-electron chi connectivity index (χ2n) is 3.72. The van der Waals surface area contributed by atoms with Crippen LogP contribution in [0.2, 0.25) is 0 Å². The molecule has 0 aromatic heterocycles. The lowest BCUT2D eigenvalue weighted by atomic mass is 9.75. The highest BCUT2D eigenvalue weighted by molar-refractivity contribution is 5.85. The van der Waals surface area contributed by atoms with Gasteiger partial charge in [-0.25, -0.2) is 8.78 Å². The first-order valence-electron chi connectivity index (χ1n) is 4.21. The zero-order valence-corrected chi connectivity index (χ0v) is 6.65. The molecule has 1 N–H and O–H groups in total. The molecule has 4 heteroatoms. The van der Waals surface area contributed by atoms with Gasteiger partial charge in [0.15, 0.2) is 0 Å². The van der Waals surface area contributed by atoms with Gasteiger partial charge in [-0.05, 0) is 0 Å². The molecule has 2 rings (SSSR count). The standard InChI is InChI=1S/C8H11F2NO/c9-8(10)1-5-3-11-4-6(2-8)7(5)12/h5-6,11H,1-4H2. The van der Waals surface area contributed by atoms with E-state index in [0.717, 1.165) is 0 Å². The van der Waals surface area contributed by atoms with Crippen molar-refractivity contribution in [3.05, 3.63) is 0 Å². The SMILES string of the molecule is O=C1C2CNCC1CC(F)(F)C2. The molecule has 1 aliphatic heterocycles. The lowest BCUT2D eigenvalue weighted by molar-refractivity contribution is -0.145. The average molecular weight is 175 g/mol. The molecule has 2 unspecified atom stereocenters. The molecular weight excluding hydrogens is 164 g/mol. The number of piperidine rings is 1. The van der Waals surface area contributed by atoms with E-state index in [4.69, 9.17) is 0 Å². The molecule has 68 valence electrons. The summed E-state index contributed by atoms with van der Waals surface area (Å²) in [5.41, 5.74) is 0. The Balaban J connectivity index is 2.18. The zero-order valence-electron chi connectivity index (χ0n) is 6.65. The molecule has 2 aliphatic rings. The number of hydrogen-bond acceptors (Lipinski definition) is 2. The van der Waals surface area contributed by atoms with Crippen LogP contribution in [0, 0.1) is 11.8 Å². The van der Waals surface area contributed by atoms with E-state index in [1.807, 2.05) is 0 Å². The molecule has 2 bridgehead atoms. The molecule has 0 radical (unpaired) electrons. The van der Waals surface area contributed by atoms with Gasteiger partial charge in [0.25, 0.3) is 0 Å². The molecule has 0 spiro atoms. The minimum atomic E-state index is -2.61. The Labute approximate surface area is 69.3 Å². The molecule has 1 heterocycles. The first-order valence-corrected chi connectivity index (χ1v) is 4.21. The Hall–Kier alpha value is -0.510. The molecule has 1 aliphatic carbocycles. The summed E-state index contributed by atoms with van der Waals surface area (Å²) < 4.78 is 25.8. The van der Waals surface area contributed by atoms with Gasteiger partial charge in [-0.15, -0.1) is 0 Å². The summed E-state index contributed by atoms with van der Waals surface area (Å²) in [5, 5.41) is 3.00. The van der Waals surface area contributed by atoms with Crippen molar-refractivity contribution >= 4 is 5.78 Å². The highest BCUT2D eigenvalue weighted by atomic mass is 19.3. The molecular formula is C8H11F2NO. The monoisotopic (exact) mass is 175 g/mol. The summed E-state index contributed by atoms with van der Waals surface area (Å²) >= 11 is 0. The van der Waals surface area contributed by atoms with Crippen LogP contribution in [0.5, 0.6) is 0 Å². The van der Waals surface area contributed by atoms with E-state index < -0.39 is 17.8 Å². The quantitative estimate of drug-likeness (QED) is 0.590. The number of ketones is 1. The summed E-state index contributed by atoms with van der Waals surface area (Å²) in [6.07, 6.45) is -0.509. The largest absolute Gasteiger partial charge is 0.315 e. The number of nitrogens with one attached hydrogen (secondary N) is 1. The predicted molar refractivity (Wildman–Crippen MR) is 39.0 cm³/mol. The van der Waals surface area contributed by atoms with Gasteiger partial charge in [0, 0.05) is 37.8 Å². The fourth-order valence-corrected chi connectivity index (χ4v) is 2.12. The number of Topliss-reactive ketones (excluding diaryl/α,β-unsaturated/α-hetero) is 1. The Morgan fingerprint density at radius 2 is 1.75 bits per heavy atom. The Bertz CT molecular complexity index is 199. The molecule has 2 fully saturated rings. The van der Waals surface area contributed by atoms with Gasteiger partial charge >= 0.3 is 0 Å². The Kier molecular flexibility index (Phi) is 1.68. The minimum Gasteiger partial charge on any atom is -0.315 e. The maximum Gasteiger partial charge on any atom is 0.249 e. The normalized spacial score (nSPS) is 39.7. The zero-order chi connectivity index (χ0) is 8.77. The fraction of sp³-hybridized carbons (Fsp3) is 0.875. The number of carbonyl (C=O) groups excluding carboxylic acids is 1. The molecule has 0 amide bonds. The van der Waals surface area contributed by atoms with Crippen LogP contribution in [0.25, 0.3) is 0 Å². The Morgan fingerprint density at radius 1 is 1.25 bits per heavy atom. The lowest BCUT2D eigenvalue weighted by Gasteiger charge is -2.37. The van der Waals surface area contributed by atoms with Gasteiger partial charge in [-0.1, -0.05) is 0 Å². The molecule has 2 atom stereocenters. The van der Waals surface area contributed by atoms with Gasteiger partial charge < -0.3 is 5.32 Å². The lowest BCUT2D eigenvalue weighted by Crippen LogP contribution is -2.51. The minimum absolute atomic E-state index is 0.0414. The van der Waals surface area contributed by atoms with E-state index in [9.17, 15) is 13.6 Å². The summed E-state index contributed by atoms with van der Waals surface area (Å²) in [6, 6.07) is 0. The van der Waals surface area contributed by atoms with Gasteiger partial charge in [-0.3, -0.25) is 4.79 Å². The van der Waals surface area contributed by atoms with Crippen molar-refractivity contribution in [3.8, 4) is 0 Å². The highest BCUT2D eigenvalue weighted by Crippen LogP contribution is 2.39. The fourth-order valence-electron chi connectivity index (χ4n) is 2.12. The summed E-state index contributed by atoms with van der Waals surface area (Å²) in [5.74, 6) is -3.44. The van der Waals surface area contributed by atoms with Crippen molar-refractivity contribution in [1.29, 1.82) is 0 Å². The van der Waals surface area contributed by atoms with Gasteiger partial charge in [0.1, 0.15) is 5.78 Å². The number of alkyl halides is 2. The number of rotatable bonds is 0. The van der Waals surface area contributed by atoms with E-state index in [1.54, 1.807) is 0 Å². The summed E-state index contributed by atoms with van der Waals surface area (Å²) in [7, 11) is 0. The van der Waals surface area contributed by atoms with Crippen LogP contribution in [0.4, 0.5) is 8.78 Å². The molecule has 1 saturated heterocycles. The van der Waals surface area contributed by atoms with Gasteiger partial charge in [0.2, 0.25) is 5.92 Å². The van der Waals surface area contributed by atoms with Crippen molar-refractivity contribution in [1.82, 2.24) is 5.32 Å². The van der Waals surface area contributed by atoms with E-state index in [2.05, 4.69) is 5.32 Å². The van der Waals surface area contributed by atoms with Crippen LogP contribution in [0.1, 0.15) is 12.8 Å². The number of carbonyl (C=O) groups is 1. The van der Waals surface area contributed by atoms with E-state index in [0.29, 0.717) is 13.1 Å². The molecule has 12 heavy (non-hydrogen) atoms. The molecule has 0 aromatic carbocycles. The number of halogens is 2.